The summed E-state index contributed by atoms with van der Waals surface area (Å²) in [7, 11) is 0. The van der Waals surface area contributed by atoms with Crippen LogP contribution in [0.2, 0.25) is 0 Å². The SMILES string of the molecule is CCC(C)[C@H](c1cc(Br)c(Br)s1)N1CCNCC1. The monoisotopic (exact) mass is 394 g/mol. The first-order valence-electron chi connectivity index (χ1n) is 6.53. The fourth-order valence-corrected chi connectivity index (χ4v) is 4.87. The van der Waals surface area contributed by atoms with Gasteiger partial charge in [0.2, 0.25) is 0 Å². The van der Waals surface area contributed by atoms with Crippen LogP contribution < -0.4 is 5.32 Å². The first kappa shape index (κ1) is 15.0. The highest BCUT2D eigenvalue weighted by Crippen LogP contribution is 2.41. The van der Waals surface area contributed by atoms with E-state index >= 15 is 0 Å². The van der Waals surface area contributed by atoms with Crippen molar-refractivity contribution in [1.82, 2.24) is 10.2 Å². The minimum Gasteiger partial charge on any atom is -0.314 e. The molecule has 1 saturated heterocycles. The largest absolute Gasteiger partial charge is 0.314 e. The highest BCUT2D eigenvalue weighted by Gasteiger charge is 2.28. The second-order valence-electron chi connectivity index (χ2n) is 4.89. The Hall–Kier alpha value is 0.580. The van der Waals surface area contributed by atoms with Gasteiger partial charge >= 0.3 is 0 Å². The topological polar surface area (TPSA) is 15.3 Å². The maximum atomic E-state index is 3.62. The van der Waals surface area contributed by atoms with Gasteiger partial charge in [-0.3, -0.25) is 4.90 Å². The predicted octanol–water partition coefficient (Wildman–Crippen LogP) is 4.27. The fraction of sp³-hybridized carbons (Fsp3) is 0.692. The normalized spacial score (nSPS) is 20.9. The Labute approximate surface area is 130 Å². The maximum absolute atomic E-state index is 3.62. The van der Waals surface area contributed by atoms with E-state index in [0.29, 0.717) is 12.0 Å². The molecular weight excluding hydrogens is 376 g/mol. The molecule has 1 N–H and O–H groups in total. The molecule has 0 bridgehead atoms. The van der Waals surface area contributed by atoms with E-state index in [1.165, 1.54) is 19.6 Å². The molecule has 1 aromatic heterocycles. The average Bonchev–Trinajstić information content (AvgIpc) is 2.70. The van der Waals surface area contributed by atoms with Crippen molar-refractivity contribution < 1.29 is 0 Å². The number of nitrogens with one attached hydrogen (secondary N) is 1. The molecular formula is C13H20Br2N2S. The van der Waals surface area contributed by atoms with Crippen molar-refractivity contribution >= 4 is 43.2 Å². The number of hydrogen-bond acceptors (Lipinski definition) is 3. The Morgan fingerprint density at radius 1 is 1.39 bits per heavy atom. The summed E-state index contributed by atoms with van der Waals surface area (Å²) in [6.45, 7) is 9.19. The van der Waals surface area contributed by atoms with Gasteiger partial charge in [-0.25, -0.2) is 0 Å². The Balaban J connectivity index is 2.23. The third-order valence-electron chi connectivity index (χ3n) is 3.68. The summed E-state index contributed by atoms with van der Waals surface area (Å²) >= 11 is 9.10. The second-order valence-corrected chi connectivity index (χ2v) is 8.14. The summed E-state index contributed by atoms with van der Waals surface area (Å²) in [5.74, 6) is 0.695. The van der Waals surface area contributed by atoms with Crippen molar-refractivity contribution in [1.29, 1.82) is 0 Å². The van der Waals surface area contributed by atoms with Gasteiger partial charge in [0.05, 0.1) is 3.79 Å². The third-order valence-corrected chi connectivity index (χ3v) is 7.01. The zero-order valence-electron chi connectivity index (χ0n) is 10.9. The second kappa shape index (κ2) is 6.84. The Morgan fingerprint density at radius 2 is 2.06 bits per heavy atom. The highest BCUT2D eigenvalue weighted by atomic mass is 79.9. The molecule has 0 aromatic carbocycles. The smallest absolute Gasteiger partial charge is 0.0843 e. The van der Waals surface area contributed by atoms with Gasteiger partial charge in [-0.1, -0.05) is 20.3 Å². The molecule has 2 atom stereocenters. The highest BCUT2D eigenvalue weighted by molar-refractivity contribution is 9.13. The van der Waals surface area contributed by atoms with Crippen LogP contribution in [-0.2, 0) is 0 Å². The van der Waals surface area contributed by atoms with E-state index in [9.17, 15) is 0 Å². The van der Waals surface area contributed by atoms with Crippen LogP contribution in [0.4, 0.5) is 0 Å². The molecule has 1 aliphatic rings. The Kier molecular flexibility index (Phi) is 5.69. The van der Waals surface area contributed by atoms with Crippen LogP contribution in [0, 0.1) is 5.92 Å². The van der Waals surface area contributed by atoms with E-state index in [2.05, 4.69) is 62.0 Å². The third kappa shape index (κ3) is 3.37. The quantitative estimate of drug-likeness (QED) is 0.818. The number of rotatable bonds is 4. The van der Waals surface area contributed by atoms with Gasteiger partial charge in [0, 0.05) is 41.6 Å². The number of hydrogen-bond donors (Lipinski definition) is 1. The molecule has 2 nitrogen and oxygen atoms in total. The first-order valence-corrected chi connectivity index (χ1v) is 8.93. The van der Waals surface area contributed by atoms with Crippen LogP contribution in [0.15, 0.2) is 14.3 Å². The van der Waals surface area contributed by atoms with Crippen molar-refractivity contribution in [3.8, 4) is 0 Å². The fourth-order valence-electron chi connectivity index (χ4n) is 2.51. The minimum absolute atomic E-state index is 0.560. The summed E-state index contributed by atoms with van der Waals surface area (Å²) < 4.78 is 2.40. The summed E-state index contributed by atoms with van der Waals surface area (Å²) in [6, 6.07) is 2.85. The standard InChI is InChI=1S/C13H20Br2N2S/c1-3-9(2)12(17-6-4-16-5-7-17)11-8-10(14)13(15)18-11/h8-9,12,16H,3-7H2,1-2H3/t9?,12-/m1/s1. The first-order chi connectivity index (χ1) is 8.63. The molecule has 5 heteroatoms. The Morgan fingerprint density at radius 3 is 2.56 bits per heavy atom. The molecule has 1 fully saturated rings. The lowest BCUT2D eigenvalue weighted by Crippen LogP contribution is -2.46. The van der Waals surface area contributed by atoms with E-state index in [0.717, 1.165) is 26.2 Å². The molecule has 1 aliphatic heterocycles. The maximum Gasteiger partial charge on any atom is 0.0843 e. The van der Waals surface area contributed by atoms with Crippen molar-refractivity contribution in [2.24, 2.45) is 5.92 Å². The molecule has 0 radical (unpaired) electrons. The predicted molar refractivity (Wildman–Crippen MR) is 86.4 cm³/mol. The molecule has 0 amide bonds. The van der Waals surface area contributed by atoms with Crippen molar-refractivity contribution in [3.63, 3.8) is 0 Å². The molecule has 18 heavy (non-hydrogen) atoms. The molecule has 1 unspecified atom stereocenters. The zero-order chi connectivity index (χ0) is 13.1. The average molecular weight is 396 g/mol. The zero-order valence-corrected chi connectivity index (χ0v) is 14.9. The van der Waals surface area contributed by atoms with Gasteiger partial charge in [0.1, 0.15) is 0 Å². The van der Waals surface area contributed by atoms with Crippen molar-refractivity contribution in [2.45, 2.75) is 26.3 Å². The lowest BCUT2D eigenvalue weighted by Gasteiger charge is -2.37. The van der Waals surface area contributed by atoms with E-state index in [4.69, 9.17) is 0 Å². The minimum atomic E-state index is 0.560. The lowest BCUT2D eigenvalue weighted by molar-refractivity contribution is 0.131. The number of thiophene rings is 1. The summed E-state index contributed by atoms with van der Waals surface area (Å²) in [5, 5.41) is 3.44. The number of piperazine rings is 1. The van der Waals surface area contributed by atoms with Crippen LogP contribution in [0.3, 0.4) is 0 Å². The molecule has 2 rings (SSSR count). The molecule has 1 aromatic rings. The van der Waals surface area contributed by atoms with Crippen molar-refractivity contribution in [2.75, 3.05) is 26.2 Å². The van der Waals surface area contributed by atoms with E-state index in [1.807, 2.05) is 11.3 Å². The van der Waals surface area contributed by atoms with E-state index in [1.54, 1.807) is 0 Å². The van der Waals surface area contributed by atoms with Gasteiger partial charge in [0.25, 0.3) is 0 Å². The molecule has 0 spiro atoms. The molecule has 0 saturated carbocycles. The van der Waals surface area contributed by atoms with Crippen LogP contribution in [-0.4, -0.2) is 31.1 Å². The summed E-state index contributed by atoms with van der Waals surface area (Å²) in [5.41, 5.74) is 0. The number of halogens is 2. The summed E-state index contributed by atoms with van der Waals surface area (Å²) in [4.78, 5) is 4.11. The van der Waals surface area contributed by atoms with Gasteiger partial charge in [-0.15, -0.1) is 11.3 Å². The van der Waals surface area contributed by atoms with Gasteiger partial charge in [-0.05, 0) is 43.8 Å². The Bertz CT molecular complexity index is 369. The molecule has 2 heterocycles. The molecule has 0 aliphatic carbocycles. The summed E-state index contributed by atoms with van der Waals surface area (Å²) in [6.07, 6.45) is 1.22. The lowest BCUT2D eigenvalue weighted by atomic mass is 9.95. The number of nitrogens with zero attached hydrogens (tertiary/aromatic N) is 1. The van der Waals surface area contributed by atoms with E-state index in [-0.39, 0.29) is 0 Å². The van der Waals surface area contributed by atoms with Crippen LogP contribution in [0.5, 0.6) is 0 Å². The van der Waals surface area contributed by atoms with Crippen LogP contribution in [0.25, 0.3) is 0 Å². The van der Waals surface area contributed by atoms with Gasteiger partial charge in [-0.2, -0.15) is 0 Å². The van der Waals surface area contributed by atoms with Gasteiger partial charge in [0.15, 0.2) is 0 Å². The van der Waals surface area contributed by atoms with Crippen LogP contribution >= 0.6 is 43.2 Å². The van der Waals surface area contributed by atoms with Gasteiger partial charge < -0.3 is 5.32 Å². The van der Waals surface area contributed by atoms with Crippen molar-refractivity contribution in [3.05, 3.63) is 19.2 Å². The van der Waals surface area contributed by atoms with Crippen LogP contribution in [0.1, 0.15) is 31.2 Å². The van der Waals surface area contributed by atoms with E-state index < -0.39 is 0 Å². The molecule has 102 valence electrons.